The first kappa shape index (κ1) is 17.6. The predicted octanol–water partition coefficient (Wildman–Crippen LogP) is 1.69. The molecule has 1 rings (SSSR count). The smallest absolute Gasteiger partial charge is 0.328 e. The van der Waals surface area contributed by atoms with Gasteiger partial charge in [-0.1, -0.05) is 12.2 Å². The number of carbonyl (C=O) groups is 2. The maximum atomic E-state index is 10.8. The second kappa shape index (κ2) is 8.74. The van der Waals surface area contributed by atoms with E-state index in [4.69, 9.17) is 5.11 Å². The van der Waals surface area contributed by atoms with Crippen LogP contribution in [0.25, 0.3) is 0 Å². The summed E-state index contributed by atoms with van der Waals surface area (Å²) in [7, 11) is 0. The Hall–Kier alpha value is -1.46. The number of rotatable bonds is 8. The van der Waals surface area contributed by atoms with Gasteiger partial charge in [-0.05, 0) is 50.5 Å². The van der Waals surface area contributed by atoms with Gasteiger partial charge in [0.15, 0.2) is 0 Å². The molecular weight excluding hydrogens is 272 g/mol. The minimum absolute atomic E-state index is 0.0331. The number of hydrogen-bond donors (Lipinski definition) is 3. The topological polar surface area (TPSA) is 94.8 Å². The predicted molar refractivity (Wildman–Crippen MR) is 78.7 cm³/mol. The van der Waals surface area contributed by atoms with Gasteiger partial charge in [-0.15, -0.1) is 0 Å². The molecule has 0 aromatic heterocycles. The number of aliphatic carboxylic acids is 1. The van der Waals surface area contributed by atoms with Gasteiger partial charge in [-0.25, -0.2) is 4.79 Å². The molecule has 0 aliphatic heterocycles. The van der Waals surface area contributed by atoms with Crippen LogP contribution < -0.4 is 0 Å². The van der Waals surface area contributed by atoms with Crippen LogP contribution in [0.4, 0.5) is 0 Å². The van der Waals surface area contributed by atoms with Crippen LogP contribution in [0, 0.1) is 11.8 Å². The number of carboxylic acids is 1. The van der Waals surface area contributed by atoms with Crippen LogP contribution in [-0.4, -0.2) is 39.3 Å². The number of hydrogen-bond acceptors (Lipinski definition) is 4. The lowest BCUT2D eigenvalue weighted by Crippen LogP contribution is -2.21. The molecule has 0 heterocycles. The molecule has 0 bridgehead atoms. The van der Waals surface area contributed by atoms with Crippen molar-refractivity contribution >= 4 is 11.8 Å². The van der Waals surface area contributed by atoms with Crippen LogP contribution in [0.1, 0.15) is 39.0 Å². The number of ketones is 1. The van der Waals surface area contributed by atoms with Gasteiger partial charge in [0, 0.05) is 12.5 Å². The molecule has 1 aliphatic carbocycles. The molecule has 0 unspecified atom stereocenters. The molecular formula is C16H24O5. The van der Waals surface area contributed by atoms with Crippen molar-refractivity contribution in [1.29, 1.82) is 0 Å². The second-order valence-corrected chi connectivity index (χ2v) is 5.66. The van der Waals surface area contributed by atoms with Crippen LogP contribution in [-0.2, 0) is 9.59 Å². The molecule has 3 N–H and O–H groups in total. The first-order valence-corrected chi connectivity index (χ1v) is 7.33. The van der Waals surface area contributed by atoms with E-state index in [0.29, 0.717) is 19.3 Å². The van der Waals surface area contributed by atoms with Crippen molar-refractivity contribution in [3.8, 4) is 0 Å². The van der Waals surface area contributed by atoms with Crippen molar-refractivity contribution < 1.29 is 24.9 Å². The van der Waals surface area contributed by atoms with E-state index in [2.05, 4.69) is 0 Å². The fourth-order valence-corrected chi connectivity index (χ4v) is 2.75. The molecule has 0 aromatic rings. The number of Topliss-reactive ketones (excluding diaryl/α,β-unsaturated/α-hetero) is 1. The Kier molecular flexibility index (Phi) is 7.32. The van der Waals surface area contributed by atoms with E-state index in [1.54, 1.807) is 6.92 Å². The second-order valence-electron chi connectivity index (χ2n) is 5.66. The van der Waals surface area contributed by atoms with E-state index in [0.717, 1.165) is 18.9 Å². The van der Waals surface area contributed by atoms with Crippen molar-refractivity contribution in [3.63, 3.8) is 0 Å². The van der Waals surface area contributed by atoms with Crippen molar-refractivity contribution in [2.45, 2.75) is 51.2 Å². The summed E-state index contributed by atoms with van der Waals surface area (Å²) in [6, 6.07) is 0. The Labute approximate surface area is 125 Å². The Morgan fingerprint density at radius 2 is 2.05 bits per heavy atom. The minimum Gasteiger partial charge on any atom is -0.478 e. The van der Waals surface area contributed by atoms with E-state index in [9.17, 15) is 19.8 Å². The van der Waals surface area contributed by atoms with E-state index in [1.165, 1.54) is 6.08 Å². The third-order valence-electron chi connectivity index (χ3n) is 3.80. The van der Waals surface area contributed by atoms with E-state index < -0.39 is 18.2 Å². The average Bonchev–Trinajstić information content (AvgIpc) is 2.76. The van der Waals surface area contributed by atoms with Gasteiger partial charge >= 0.3 is 5.97 Å². The fraction of sp³-hybridized carbons (Fsp3) is 0.625. The fourth-order valence-electron chi connectivity index (χ4n) is 2.75. The zero-order valence-electron chi connectivity index (χ0n) is 12.3. The molecule has 1 fully saturated rings. The monoisotopic (exact) mass is 296 g/mol. The van der Waals surface area contributed by atoms with E-state index in [-0.39, 0.29) is 17.6 Å². The third-order valence-corrected chi connectivity index (χ3v) is 3.80. The summed E-state index contributed by atoms with van der Waals surface area (Å²) in [6.45, 7) is 1.57. The Bertz CT molecular complexity index is 413. The van der Waals surface area contributed by atoms with E-state index in [1.807, 2.05) is 12.2 Å². The van der Waals surface area contributed by atoms with Crippen molar-refractivity contribution in [2.75, 3.05) is 0 Å². The van der Waals surface area contributed by atoms with Gasteiger partial charge in [0.05, 0.1) is 12.2 Å². The lowest BCUT2D eigenvalue weighted by Gasteiger charge is -2.19. The third kappa shape index (κ3) is 6.69. The molecule has 4 atom stereocenters. The summed E-state index contributed by atoms with van der Waals surface area (Å²) in [4.78, 5) is 21.3. The Morgan fingerprint density at radius 3 is 2.67 bits per heavy atom. The summed E-state index contributed by atoms with van der Waals surface area (Å²) >= 11 is 0. The number of carbonyl (C=O) groups excluding carboxylic acids is 1. The molecule has 1 saturated carbocycles. The number of allylic oxidation sites excluding steroid dienone is 2. The molecule has 118 valence electrons. The molecule has 21 heavy (non-hydrogen) atoms. The van der Waals surface area contributed by atoms with Crippen LogP contribution >= 0.6 is 0 Å². The van der Waals surface area contributed by atoms with Crippen molar-refractivity contribution in [1.82, 2.24) is 0 Å². The van der Waals surface area contributed by atoms with Crippen LogP contribution in [0.5, 0.6) is 0 Å². The lowest BCUT2D eigenvalue weighted by molar-refractivity contribution is -0.131. The summed E-state index contributed by atoms with van der Waals surface area (Å²) in [6.07, 6.45) is 8.01. The van der Waals surface area contributed by atoms with Crippen LogP contribution in [0.15, 0.2) is 24.3 Å². The standard InChI is InChI=1S/C16H24O5/c1-11(17)5-3-2-4-6-12-9-13(18)10-14(12)15(19)7-8-16(20)21/h4,6-8,12-15,18-19H,2-3,5,9-10H2,1H3,(H,20,21)/b6-4+,8-7+/t12-,13+,14-,15+/m0/s1. The molecule has 0 spiro atoms. The highest BCUT2D eigenvalue weighted by Gasteiger charge is 2.35. The van der Waals surface area contributed by atoms with Gasteiger partial charge in [0.1, 0.15) is 5.78 Å². The quantitative estimate of drug-likeness (QED) is 0.360. The van der Waals surface area contributed by atoms with E-state index >= 15 is 0 Å². The summed E-state index contributed by atoms with van der Waals surface area (Å²) in [5.41, 5.74) is 0. The van der Waals surface area contributed by atoms with Gasteiger partial charge in [-0.2, -0.15) is 0 Å². The summed E-state index contributed by atoms with van der Waals surface area (Å²) < 4.78 is 0. The van der Waals surface area contributed by atoms with Crippen molar-refractivity contribution in [3.05, 3.63) is 24.3 Å². The normalized spacial score (nSPS) is 27.5. The largest absolute Gasteiger partial charge is 0.478 e. The average molecular weight is 296 g/mol. The number of carboxylic acid groups (broad SMARTS) is 1. The molecule has 5 heteroatoms. The Morgan fingerprint density at radius 1 is 1.33 bits per heavy atom. The molecule has 5 nitrogen and oxygen atoms in total. The zero-order valence-corrected chi connectivity index (χ0v) is 12.3. The summed E-state index contributed by atoms with van der Waals surface area (Å²) in [5, 5.41) is 28.3. The first-order valence-electron chi connectivity index (χ1n) is 7.33. The zero-order chi connectivity index (χ0) is 15.8. The van der Waals surface area contributed by atoms with Crippen molar-refractivity contribution in [2.24, 2.45) is 11.8 Å². The maximum Gasteiger partial charge on any atom is 0.328 e. The van der Waals surface area contributed by atoms with Gasteiger partial charge < -0.3 is 20.1 Å². The first-order chi connectivity index (χ1) is 9.90. The minimum atomic E-state index is -1.09. The lowest BCUT2D eigenvalue weighted by atomic mass is 9.90. The van der Waals surface area contributed by atoms with Crippen LogP contribution in [0.2, 0.25) is 0 Å². The highest BCUT2D eigenvalue weighted by atomic mass is 16.4. The van der Waals surface area contributed by atoms with Gasteiger partial charge in [0.2, 0.25) is 0 Å². The highest BCUT2D eigenvalue weighted by Crippen LogP contribution is 2.36. The molecule has 1 aliphatic rings. The molecule has 0 saturated heterocycles. The van der Waals surface area contributed by atoms with Crippen LogP contribution in [0.3, 0.4) is 0 Å². The highest BCUT2D eigenvalue weighted by molar-refractivity contribution is 5.79. The van der Waals surface area contributed by atoms with Gasteiger partial charge in [-0.3, -0.25) is 0 Å². The maximum absolute atomic E-state index is 10.8. The molecule has 0 amide bonds. The molecule has 0 radical (unpaired) electrons. The SMILES string of the molecule is CC(=O)CCC/C=C/[C@H]1C[C@@H](O)C[C@@H]1[C@H](O)/C=C/C(=O)O. The number of aliphatic hydroxyl groups excluding tert-OH is 2. The number of unbranched alkanes of at least 4 members (excludes halogenated alkanes) is 1. The Balaban J connectivity index is 2.52. The summed E-state index contributed by atoms with van der Waals surface area (Å²) in [5.74, 6) is -1.05. The van der Waals surface area contributed by atoms with Gasteiger partial charge in [0.25, 0.3) is 0 Å². The molecule has 0 aromatic carbocycles. The number of aliphatic hydroxyl groups is 2.